The van der Waals surface area contributed by atoms with Crippen LogP contribution in [0.2, 0.25) is 0 Å². The minimum atomic E-state index is -0.535. The van der Waals surface area contributed by atoms with E-state index in [0.717, 1.165) is 19.3 Å². The van der Waals surface area contributed by atoms with Crippen LogP contribution in [0, 0.1) is 29.6 Å². The molecule has 0 aromatic carbocycles. The number of cyclic esters (lactones) is 1. The number of carbonyl (C=O) groups is 4. The zero-order valence-corrected chi connectivity index (χ0v) is 17.5. The maximum atomic E-state index is 13.6. The normalized spacial score (nSPS) is 43.1. The lowest BCUT2D eigenvalue weighted by atomic mass is 9.74. The largest absolute Gasteiger partial charge is 0.461 e. The van der Waals surface area contributed by atoms with Gasteiger partial charge < -0.3 is 14.4 Å². The Morgan fingerprint density at radius 3 is 2.45 bits per heavy atom. The van der Waals surface area contributed by atoms with E-state index in [1.165, 1.54) is 0 Å². The number of nitrogens with zero attached hydrogens (tertiary/aromatic N) is 1. The molecule has 4 aliphatic heterocycles. The van der Waals surface area contributed by atoms with Gasteiger partial charge >= 0.3 is 11.9 Å². The highest BCUT2D eigenvalue weighted by Gasteiger charge is 2.55. The molecule has 0 spiro atoms. The number of ether oxygens (including phenoxy) is 2. The number of esters is 2. The standard InChI is InChI=1S/C22H31NO6/c1-4-13-14-7-5-6-8-23(20(14)25)15(17-9-11(2)21(26)28-17)10-16(24)18-12(3)22(27)29-19(13)18/h11-15,17-19H,4-10H2,1-3H3/t11-,12-,13+,14-,15-,17-,18-,19-/m0/s1. The van der Waals surface area contributed by atoms with Gasteiger partial charge in [-0.1, -0.05) is 27.2 Å². The first-order valence-electron chi connectivity index (χ1n) is 11.1. The first-order valence-corrected chi connectivity index (χ1v) is 11.1. The maximum Gasteiger partial charge on any atom is 0.309 e. The van der Waals surface area contributed by atoms with Crippen molar-refractivity contribution in [2.75, 3.05) is 6.54 Å². The summed E-state index contributed by atoms with van der Waals surface area (Å²) in [6, 6.07) is -0.455. The summed E-state index contributed by atoms with van der Waals surface area (Å²) in [7, 11) is 0. The van der Waals surface area contributed by atoms with E-state index >= 15 is 0 Å². The van der Waals surface area contributed by atoms with E-state index in [2.05, 4.69) is 0 Å². The quantitative estimate of drug-likeness (QED) is 0.654. The molecule has 4 rings (SSSR count). The Morgan fingerprint density at radius 2 is 1.79 bits per heavy atom. The minimum absolute atomic E-state index is 0.0269. The molecular weight excluding hydrogens is 374 g/mol. The summed E-state index contributed by atoms with van der Waals surface area (Å²) in [6.07, 6.45) is 2.84. The average Bonchev–Trinajstić information content (AvgIpc) is 3.09. The monoisotopic (exact) mass is 405 g/mol. The number of amides is 1. The van der Waals surface area contributed by atoms with Crippen molar-refractivity contribution in [3.05, 3.63) is 0 Å². The third kappa shape index (κ3) is 3.36. The Bertz CT molecular complexity index is 720. The topological polar surface area (TPSA) is 90.0 Å². The van der Waals surface area contributed by atoms with Crippen LogP contribution in [0.3, 0.4) is 0 Å². The van der Waals surface area contributed by atoms with Crippen LogP contribution < -0.4 is 0 Å². The van der Waals surface area contributed by atoms with Gasteiger partial charge in [0, 0.05) is 24.8 Å². The number of Topliss-reactive ketones (excluding diaryl/α,β-unsaturated/α-hetero) is 1. The first kappa shape index (κ1) is 20.4. The van der Waals surface area contributed by atoms with Crippen LogP contribution >= 0.6 is 0 Å². The second-order valence-electron chi connectivity index (χ2n) is 9.27. The lowest BCUT2D eigenvalue weighted by molar-refractivity contribution is -0.153. The first-order chi connectivity index (χ1) is 13.8. The molecule has 0 aromatic rings. The molecule has 7 nitrogen and oxygen atoms in total. The highest BCUT2D eigenvalue weighted by Crippen LogP contribution is 2.43. The number of hydrogen-bond acceptors (Lipinski definition) is 6. The highest BCUT2D eigenvalue weighted by molar-refractivity contribution is 5.91. The van der Waals surface area contributed by atoms with E-state index in [1.54, 1.807) is 6.92 Å². The molecule has 7 heteroatoms. The van der Waals surface area contributed by atoms with E-state index in [4.69, 9.17) is 9.47 Å². The Morgan fingerprint density at radius 1 is 1.03 bits per heavy atom. The molecule has 0 saturated carbocycles. The zero-order valence-electron chi connectivity index (χ0n) is 17.5. The summed E-state index contributed by atoms with van der Waals surface area (Å²) >= 11 is 0. The van der Waals surface area contributed by atoms with Crippen molar-refractivity contribution >= 4 is 23.6 Å². The third-order valence-electron chi connectivity index (χ3n) is 7.56. The molecule has 2 bridgehead atoms. The van der Waals surface area contributed by atoms with Crippen molar-refractivity contribution in [3.63, 3.8) is 0 Å². The van der Waals surface area contributed by atoms with Gasteiger partial charge in [-0.2, -0.15) is 0 Å². The van der Waals surface area contributed by atoms with Crippen LogP contribution in [0.5, 0.6) is 0 Å². The van der Waals surface area contributed by atoms with Crippen LogP contribution in [-0.4, -0.2) is 53.3 Å². The van der Waals surface area contributed by atoms with Gasteiger partial charge in [0.1, 0.15) is 18.0 Å². The molecule has 0 aliphatic carbocycles. The van der Waals surface area contributed by atoms with E-state index < -0.39 is 30.1 Å². The summed E-state index contributed by atoms with van der Waals surface area (Å²) in [4.78, 5) is 53.3. The molecule has 4 heterocycles. The van der Waals surface area contributed by atoms with Gasteiger partial charge in [0.25, 0.3) is 0 Å². The van der Waals surface area contributed by atoms with Crippen molar-refractivity contribution in [2.45, 2.75) is 77.5 Å². The Balaban J connectivity index is 1.76. The van der Waals surface area contributed by atoms with Gasteiger partial charge in [-0.3, -0.25) is 19.2 Å². The zero-order chi connectivity index (χ0) is 20.9. The van der Waals surface area contributed by atoms with Crippen molar-refractivity contribution in [2.24, 2.45) is 29.6 Å². The Hall–Kier alpha value is -1.92. The number of carbonyl (C=O) groups excluding carboxylic acids is 4. The number of rotatable bonds is 2. The molecule has 0 radical (unpaired) electrons. The fourth-order valence-corrected chi connectivity index (χ4v) is 5.91. The van der Waals surface area contributed by atoms with Gasteiger partial charge in [-0.15, -0.1) is 0 Å². The second-order valence-corrected chi connectivity index (χ2v) is 9.27. The number of fused-ring (bicyclic) bond motifs is 3. The summed E-state index contributed by atoms with van der Waals surface area (Å²) in [5, 5.41) is 0. The summed E-state index contributed by atoms with van der Waals surface area (Å²) in [6.45, 7) is 6.15. The third-order valence-corrected chi connectivity index (χ3v) is 7.56. The van der Waals surface area contributed by atoms with E-state index in [9.17, 15) is 19.2 Å². The van der Waals surface area contributed by atoms with Crippen LogP contribution in [0.1, 0.15) is 59.3 Å². The van der Waals surface area contributed by atoms with Crippen molar-refractivity contribution in [1.82, 2.24) is 4.90 Å². The molecule has 4 saturated heterocycles. The lowest BCUT2D eigenvalue weighted by Gasteiger charge is -2.36. The van der Waals surface area contributed by atoms with Gasteiger partial charge in [0.2, 0.25) is 5.91 Å². The maximum absolute atomic E-state index is 13.6. The molecule has 0 N–H and O–H groups in total. The van der Waals surface area contributed by atoms with Crippen LogP contribution in [0.25, 0.3) is 0 Å². The Kier molecular flexibility index (Phi) is 5.42. The summed E-state index contributed by atoms with van der Waals surface area (Å²) in [5.74, 6) is -2.32. The molecular formula is C22H31NO6. The summed E-state index contributed by atoms with van der Waals surface area (Å²) in [5.41, 5.74) is 0. The van der Waals surface area contributed by atoms with Gasteiger partial charge in [-0.25, -0.2) is 0 Å². The highest BCUT2D eigenvalue weighted by atomic mass is 16.6. The number of hydrogen-bond donors (Lipinski definition) is 0. The predicted octanol–water partition coefficient (Wildman–Crippen LogP) is 2.11. The average molecular weight is 405 g/mol. The van der Waals surface area contributed by atoms with E-state index in [-0.39, 0.29) is 47.8 Å². The fraction of sp³-hybridized carbons (Fsp3) is 0.818. The molecule has 0 aromatic heterocycles. The molecule has 160 valence electrons. The van der Waals surface area contributed by atoms with Gasteiger partial charge in [-0.05, 0) is 25.7 Å². The molecule has 4 fully saturated rings. The SMILES string of the molecule is CC[C@H]1[C@@H]2OC(=O)[C@@H](C)[C@H]2C(=O)C[C@@H]([C@@H]2C[C@H](C)C(=O)O2)N2CCCC[C@@H]1C2=O. The Labute approximate surface area is 171 Å². The molecule has 0 unspecified atom stereocenters. The minimum Gasteiger partial charge on any atom is -0.461 e. The van der Waals surface area contributed by atoms with Crippen LogP contribution in [-0.2, 0) is 28.7 Å². The lowest BCUT2D eigenvalue weighted by Crippen LogP contribution is -2.50. The molecule has 4 aliphatic rings. The molecule has 8 atom stereocenters. The van der Waals surface area contributed by atoms with Crippen LogP contribution in [0.15, 0.2) is 0 Å². The summed E-state index contributed by atoms with van der Waals surface area (Å²) < 4.78 is 11.3. The second kappa shape index (κ2) is 7.73. The molecule has 1 amide bonds. The number of ketones is 1. The van der Waals surface area contributed by atoms with E-state index in [0.29, 0.717) is 19.4 Å². The van der Waals surface area contributed by atoms with Crippen molar-refractivity contribution in [3.8, 4) is 0 Å². The fourth-order valence-electron chi connectivity index (χ4n) is 5.91. The molecule has 29 heavy (non-hydrogen) atoms. The van der Waals surface area contributed by atoms with Gasteiger partial charge in [0.05, 0.1) is 23.8 Å². The predicted molar refractivity (Wildman–Crippen MR) is 102 cm³/mol. The smallest absolute Gasteiger partial charge is 0.309 e. The van der Waals surface area contributed by atoms with Crippen molar-refractivity contribution < 1.29 is 28.7 Å². The van der Waals surface area contributed by atoms with Gasteiger partial charge in [0.15, 0.2) is 0 Å². The van der Waals surface area contributed by atoms with Crippen molar-refractivity contribution in [1.29, 1.82) is 0 Å². The van der Waals surface area contributed by atoms with Crippen LogP contribution in [0.4, 0.5) is 0 Å². The van der Waals surface area contributed by atoms with E-state index in [1.807, 2.05) is 18.7 Å².